The number of rotatable bonds is 3. The summed E-state index contributed by atoms with van der Waals surface area (Å²) in [6, 6.07) is 0.281. The van der Waals surface area contributed by atoms with E-state index in [2.05, 4.69) is 20.9 Å². The van der Waals surface area contributed by atoms with Gasteiger partial charge in [-0.25, -0.2) is 4.98 Å². The lowest BCUT2D eigenvalue weighted by Gasteiger charge is -2.33. The Bertz CT molecular complexity index is 416. The molecule has 0 atom stereocenters. The molecule has 0 unspecified atom stereocenters. The molecule has 0 bridgehead atoms. The fourth-order valence-electron chi connectivity index (χ4n) is 2.38. The second kappa shape index (κ2) is 6.12. The van der Waals surface area contributed by atoms with Gasteiger partial charge in [0.1, 0.15) is 4.60 Å². The lowest BCUT2D eigenvalue weighted by molar-refractivity contribution is 0.0652. The second-order valence-electron chi connectivity index (χ2n) is 4.75. The topological polar surface area (TPSA) is 53.4 Å². The molecule has 0 saturated heterocycles. The Hall–Kier alpha value is -0.460. The number of aliphatic hydroxyl groups excluding tert-OH is 1. The van der Waals surface area contributed by atoms with Gasteiger partial charge in [-0.15, -0.1) is 11.3 Å². The van der Waals surface area contributed by atoms with E-state index in [-0.39, 0.29) is 18.6 Å². The van der Waals surface area contributed by atoms with Crippen molar-refractivity contribution in [3.05, 3.63) is 15.0 Å². The Morgan fingerprint density at radius 1 is 1.56 bits per heavy atom. The average molecular weight is 333 g/mol. The Morgan fingerprint density at radius 3 is 2.72 bits per heavy atom. The number of carbonyl (C=O) groups is 1. The molecule has 2 rings (SSSR count). The number of hydrogen-bond donors (Lipinski definition) is 1. The molecule has 6 heteroatoms. The van der Waals surface area contributed by atoms with Crippen molar-refractivity contribution < 1.29 is 9.90 Å². The Kier molecular flexibility index (Phi) is 4.75. The SMILES string of the molecule is CN(C(=O)c1nc(Br)cs1)C1CCC(CO)CC1. The molecule has 1 heterocycles. The van der Waals surface area contributed by atoms with Gasteiger partial charge in [0, 0.05) is 25.1 Å². The molecule has 1 N–H and O–H groups in total. The average Bonchev–Trinajstić information content (AvgIpc) is 2.84. The third kappa shape index (κ3) is 3.10. The molecule has 100 valence electrons. The van der Waals surface area contributed by atoms with Gasteiger partial charge >= 0.3 is 0 Å². The van der Waals surface area contributed by atoms with Crippen LogP contribution in [0.2, 0.25) is 0 Å². The number of thiazole rings is 1. The van der Waals surface area contributed by atoms with Gasteiger partial charge in [-0.2, -0.15) is 0 Å². The first-order chi connectivity index (χ1) is 8.61. The van der Waals surface area contributed by atoms with Gasteiger partial charge in [0.2, 0.25) is 0 Å². The molecule has 1 aliphatic carbocycles. The maximum atomic E-state index is 12.2. The molecule has 0 aromatic carbocycles. The van der Waals surface area contributed by atoms with Gasteiger partial charge in [0.25, 0.3) is 5.91 Å². The molecule has 0 radical (unpaired) electrons. The molecule has 1 saturated carbocycles. The summed E-state index contributed by atoms with van der Waals surface area (Å²) in [5.74, 6) is 0.414. The van der Waals surface area contributed by atoms with E-state index >= 15 is 0 Å². The maximum Gasteiger partial charge on any atom is 0.282 e. The smallest absolute Gasteiger partial charge is 0.282 e. The van der Waals surface area contributed by atoms with Crippen molar-refractivity contribution in [1.82, 2.24) is 9.88 Å². The number of amides is 1. The molecule has 0 aliphatic heterocycles. The summed E-state index contributed by atoms with van der Waals surface area (Å²) in [6.07, 6.45) is 3.95. The Balaban J connectivity index is 1.95. The van der Waals surface area contributed by atoms with E-state index in [0.29, 0.717) is 15.5 Å². The summed E-state index contributed by atoms with van der Waals surface area (Å²) in [5, 5.41) is 11.5. The van der Waals surface area contributed by atoms with Crippen LogP contribution in [0.4, 0.5) is 0 Å². The van der Waals surface area contributed by atoms with Crippen molar-refractivity contribution in [3.8, 4) is 0 Å². The summed E-state index contributed by atoms with van der Waals surface area (Å²) in [7, 11) is 1.85. The van der Waals surface area contributed by atoms with Crippen LogP contribution >= 0.6 is 27.3 Å². The molecule has 0 spiro atoms. The van der Waals surface area contributed by atoms with E-state index in [1.165, 1.54) is 11.3 Å². The highest BCUT2D eigenvalue weighted by atomic mass is 79.9. The predicted molar refractivity (Wildman–Crippen MR) is 74.7 cm³/mol. The van der Waals surface area contributed by atoms with Crippen LogP contribution in [-0.4, -0.2) is 40.6 Å². The van der Waals surface area contributed by atoms with Crippen molar-refractivity contribution >= 4 is 33.2 Å². The highest BCUT2D eigenvalue weighted by molar-refractivity contribution is 9.10. The van der Waals surface area contributed by atoms with Crippen LogP contribution in [0.15, 0.2) is 9.98 Å². The van der Waals surface area contributed by atoms with Crippen LogP contribution < -0.4 is 0 Å². The van der Waals surface area contributed by atoms with Gasteiger partial charge in [-0.05, 0) is 47.5 Å². The Labute approximate surface area is 119 Å². The van der Waals surface area contributed by atoms with Crippen LogP contribution in [0.1, 0.15) is 35.5 Å². The van der Waals surface area contributed by atoms with E-state index in [1.54, 1.807) is 4.90 Å². The minimum absolute atomic E-state index is 0.00171. The van der Waals surface area contributed by atoms with Crippen LogP contribution in [-0.2, 0) is 0 Å². The molecule has 1 amide bonds. The summed E-state index contributed by atoms with van der Waals surface area (Å²) in [5.41, 5.74) is 0. The lowest BCUT2D eigenvalue weighted by Crippen LogP contribution is -2.39. The molecule has 1 aliphatic rings. The molecular weight excluding hydrogens is 316 g/mol. The highest BCUT2D eigenvalue weighted by Crippen LogP contribution is 2.28. The second-order valence-corrected chi connectivity index (χ2v) is 6.42. The quantitative estimate of drug-likeness (QED) is 0.925. The summed E-state index contributed by atoms with van der Waals surface area (Å²) >= 11 is 4.63. The molecule has 1 fully saturated rings. The van der Waals surface area contributed by atoms with Crippen LogP contribution in [0.25, 0.3) is 0 Å². The monoisotopic (exact) mass is 332 g/mol. The first-order valence-electron chi connectivity index (χ1n) is 6.11. The number of aromatic nitrogens is 1. The minimum Gasteiger partial charge on any atom is -0.396 e. The third-order valence-electron chi connectivity index (χ3n) is 3.60. The maximum absolute atomic E-state index is 12.2. The van der Waals surface area contributed by atoms with E-state index < -0.39 is 0 Å². The Morgan fingerprint density at radius 2 is 2.22 bits per heavy atom. The van der Waals surface area contributed by atoms with Gasteiger partial charge in [0.15, 0.2) is 5.01 Å². The first kappa shape index (κ1) is 14.0. The van der Waals surface area contributed by atoms with Gasteiger partial charge in [-0.1, -0.05) is 0 Å². The zero-order valence-corrected chi connectivity index (χ0v) is 12.7. The number of nitrogens with zero attached hydrogens (tertiary/aromatic N) is 2. The number of halogens is 1. The number of carbonyl (C=O) groups excluding carboxylic acids is 1. The molecule has 4 nitrogen and oxygen atoms in total. The largest absolute Gasteiger partial charge is 0.396 e. The van der Waals surface area contributed by atoms with Crippen molar-refractivity contribution in [3.63, 3.8) is 0 Å². The zero-order valence-electron chi connectivity index (χ0n) is 10.3. The van der Waals surface area contributed by atoms with Crippen molar-refractivity contribution in [2.75, 3.05) is 13.7 Å². The van der Waals surface area contributed by atoms with Crippen molar-refractivity contribution in [2.24, 2.45) is 5.92 Å². The van der Waals surface area contributed by atoms with Crippen molar-refractivity contribution in [1.29, 1.82) is 0 Å². The molecule has 1 aromatic rings. The summed E-state index contributed by atoms with van der Waals surface area (Å²) in [6.45, 7) is 0.268. The van der Waals surface area contributed by atoms with E-state index in [4.69, 9.17) is 5.11 Å². The normalized spacial score (nSPS) is 23.9. The first-order valence-corrected chi connectivity index (χ1v) is 7.78. The van der Waals surface area contributed by atoms with Crippen molar-refractivity contribution in [2.45, 2.75) is 31.7 Å². The van der Waals surface area contributed by atoms with E-state index in [0.717, 1.165) is 25.7 Å². The van der Waals surface area contributed by atoms with Gasteiger partial charge in [0.05, 0.1) is 0 Å². The van der Waals surface area contributed by atoms with Crippen LogP contribution in [0, 0.1) is 5.92 Å². The minimum atomic E-state index is -0.00171. The zero-order chi connectivity index (χ0) is 13.1. The van der Waals surface area contributed by atoms with Crippen LogP contribution in [0.3, 0.4) is 0 Å². The number of aliphatic hydroxyl groups is 1. The van der Waals surface area contributed by atoms with Gasteiger partial charge in [-0.3, -0.25) is 4.79 Å². The predicted octanol–water partition coefficient (Wildman–Crippen LogP) is 2.53. The lowest BCUT2D eigenvalue weighted by atomic mass is 9.86. The van der Waals surface area contributed by atoms with E-state index in [9.17, 15) is 4.79 Å². The molecular formula is C12H17BrN2O2S. The summed E-state index contributed by atoms with van der Waals surface area (Å²) in [4.78, 5) is 18.2. The van der Waals surface area contributed by atoms with Crippen LogP contribution in [0.5, 0.6) is 0 Å². The highest BCUT2D eigenvalue weighted by Gasteiger charge is 2.27. The molecule has 18 heavy (non-hydrogen) atoms. The third-order valence-corrected chi connectivity index (χ3v) is 5.14. The summed E-state index contributed by atoms with van der Waals surface area (Å²) < 4.78 is 0.716. The van der Waals surface area contributed by atoms with E-state index in [1.807, 2.05) is 12.4 Å². The van der Waals surface area contributed by atoms with Gasteiger partial charge < -0.3 is 10.0 Å². The molecule has 1 aromatic heterocycles. The fourth-order valence-corrected chi connectivity index (χ4v) is 3.62. The fraction of sp³-hybridized carbons (Fsp3) is 0.667. The standard InChI is InChI=1S/C12H17BrN2O2S/c1-15(9-4-2-8(6-16)3-5-9)12(17)11-14-10(13)7-18-11/h7-9,16H,2-6H2,1H3. The number of hydrogen-bond acceptors (Lipinski definition) is 4.